The second-order valence-corrected chi connectivity index (χ2v) is 5.94. The third kappa shape index (κ3) is 4.85. The monoisotopic (exact) mass is 446 g/mol. The van der Waals surface area contributed by atoms with E-state index in [1.807, 2.05) is 0 Å². The maximum atomic E-state index is 12.6. The van der Waals surface area contributed by atoms with E-state index in [2.05, 4.69) is 9.47 Å². The normalized spacial score (nSPS) is 11.9. The molecule has 0 atom stereocenters. The lowest BCUT2D eigenvalue weighted by Crippen LogP contribution is -2.27. The van der Waals surface area contributed by atoms with Gasteiger partial charge in [-0.1, -0.05) is 12.1 Å². The molecule has 12 heteroatoms. The van der Waals surface area contributed by atoms with Crippen molar-refractivity contribution in [2.24, 2.45) is 0 Å². The predicted molar refractivity (Wildman–Crippen MR) is 91.3 cm³/mol. The van der Waals surface area contributed by atoms with E-state index in [1.54, 1.807) is 0 Å². The van der Waals surface area contributed by atoms with E-state index in [1.165, 1.54) is 12.1 Å². The Balaban J connectivity index is 1.88. The van der Waals surface area contributed by atoms with Gasteiger partial charge in [0.2, 0.25) is 0 Å². The van der Waals surface area contributed by atoms with Gasteiger partial charge in [-0.25, -0.2) is 9.59 Å². The van der Waals surface area contributed by atoms with Gasteiger partial charge in [0, 0.05) is 6.07 Å². The molecule has 0 fully saturated rings. The Hall–Kier alpha value is -3.83. The van der Waals surface area contributed by atoms with E-state index in [0.29, 0.717) is 0 Å². The van der Waals surface area contributed by atoms with Crippen molar-refractivity contribution < 1.29 is 49.8 Å². The Labute approximate surface area is 167 Å². The number of hydrogen-bond acceptors (Lipinski definition) is 6. The van der Waals surface area contributed by atoms with Gasteiger partial charge in [-0.3, -0.25) is 4.79 Å². The average molecular weight is 446 g/mol. The van der Waals surface area contributed by atoms with Crippen LogP contribution in [-0.2, 0) is 9.59 Å². The highest BCUT2D eigenvalue weighted by atomic mass is 19.4. The minimum atomic E-state index is -5.21. The van der Waals surface area contributed by atoms with Crippen LogP contribution in [0, 0.1) is 0 Å². The molecule has 6 nitrogen and oxygen atoms in total. The molecule has 0 spiro atoms. The highest BCUT2D eigenvalue weighted by molar-refractivity contribution is 5.84. The van der Waals surface area contributed by atoms with Crippen molar-refractivity contribution in [3.05, 3.63) is 59.0 Å². The molecule has 3 aromatic rings. The van der Waals surface area contributed by atoms with Crippen LogP contribution < -0.4 is 14.9 Å². The second kappa shape index (κ2) is 7.78. The number of alkyl halides is 6. The van der Waals surface area contributed by atoms with Crippen LogP contribution >= 0.6 is 0 Å². The molecule has 0 bridgehead atoms. The molecule has 0 amide bonds. The summed E-state index contributed by atoms with van der Waals surface area (Å²) in [6, 6.07) is 7.44. The number of carbonyl (C=O) groups is 2. The minimum absolute atomic E-state index is 0.0266. The molecular weight excluding hydrogens is 438 g/mol. The molecule has 2 aromatic carbocycles. The molecule has 1 aromatic heterocycles. The molecule has 0 saturated heterocycles. The van der Waals surface area contributed by atoms with Crippen LogP contribution in [0.2, 0.25) is 0 Å². The van der Waals surface area contributed by atoms with Crippen LogP contribution in [0.4, 0.5) is 26.3 Å². The zero-order valence-electron chi connectivity index (χ0n) is 14.8. The van der Waals surface area contributed by atoms with E-state index in [-0.39, 0.29) is 22.1 Å². The number of ether oxygens (including phenoxy) is 2. The summed E-state index contributed by atoms with van der Waals surface area (Å²) in [5, 5.41) is -0.0584. The Kier molecular flexibility index (Phi) is 5.49. The topological polar surface area (TPSA) is 82.8 Å². The maximum Gasteiger partial charge on any atom is 0.491 e. The predicted octanol–water partition coefficient (Wildman–Crippen LogP) is 4.40. The molecule has 31 heavy (non-hydrogen) atoms. The quantitative estimate of drug-likeness (QED) is 0.337. The van der Waals surface area contributed by atoms with Gasteiger partial charge in [0.1, 0.15) is 23.3 Å². The number of esters is 2. The number of rotatable bonds is 3. The fourth-order valence-corrected chi connectivity index (χ4v) is 2.40. The first-order valence-electron chi connectivity index (χ1n) is 8.10. The SMILES string of the molecule is O=C(Oc1ccc(-c2coc3cc(OC(=O)C(F)(F)F)ccc3c2=O)cc1)C(F)(F)F. The van der Waals surface area contributed by atoms with E-state index >= 15 is 0 Å². The van der Waals surface area contributed by atoms with Crippen molar-refractivity contribution >= 4 is 22.9 Å². The van der Waals surface area contributed by atoms with E-state index in [0.717, 1.165) is 36.6 Å². The van der Waals surface area contributed by atoms with E-state index in [4.69, 9.17) is 4.42 Å². The highest BCUT2D eigenvalue weighted by Crippen LogP contribution is 2.27. The van der Waals surface area contributed by atoms with Gasteiger partial charge in [-0.2, -0.15) is 26.3 Å². The summed E-state index contributed by atoms with van der Waals surface area (Å²) >= 11 is 0. The van der Waals surface area contributed by atoms with Crippen LogP contribution in [0.15, 0.2) is 57.9 Å². The molecular formula is C19H8F6O6. The Morgan fingerprint density at radius 1 is 0.774 bits per heavy atom. The maximum absolute atomic E-state index is 12.6. The molecule has 0 aliphatic heterocycles. The third-order valence-corrected chi connectivity index (χ3v) is 3.80. The lowest BCUT2D eigenvalue weighted by atomic mass is 10.1. The molecule has 0 radical (unpaired) electrons. The van der Waals surface area contributed by atoms with Crippen molar-refractivity contribution in [2.45, 2.75) is 12.4 Å². The van der Waals surface area contributed by atoms with Crippen LogP contribution in [0.5, 0.6) is 11.5 Å². The fraction of sp³-hybridized carbons (Fsp3) is 0.105. The molecule has 0 saturated carbocycles. The number of carbonyl (C=O) groups excluding carboxylic acids is 2. The van der Waals surface area contributed by atoms with Gasteiger partial charge in [0.05, 0.1) is 10.9 Å². The summed E-state index contributed by atoms with van der Waals surface area (Å²) in [4.78, 5) is 34.4. The zero-order chi connectivity index (χ0) is 23.0. The van der Waals surface area contributed by atoms with Crippen LogP contribution in [0.25, 0.3) is 22.1 Å². The van der Waals surface area contributed by atoms with Crippen molar-refractivity contribution in [3.8, 4) is 22.6 Å². The minimum Gasteiger partial charge on any atom is -0.463 e. The van der Waals surface area contributed by atoms with Crippen LogP contribution in [0.3, 0.4) is 0 Å². The second-order valence-electron chi connectivity index (χ2n) is 5.94. The van der Waals surface area contributed by atoms with Gasteiger partial charge in [-0.15, -0.1) is 0 Å². The van der Waals surface area contributed by atoms with E-state index < -0.39 is 41.2 Å². The summed E-state index contributed by atoms with van der Waals surface area (Å²) in [6.45, 7) is 0. The number of halogens is 6. The molecule has 162 valence electrons. The zero-order valence-corrected chi connectivity index (χ0v) is 14.8. The Morgan fingerprint density at radius 3 is 1.84 bits per heavy atom. The summed E-state index contributed by atoms with van der Waals surface area (Å²) < 4.78 is 87.0. The van der Waals surface area contributed by atoms with Gasteiger partial charge >= 0.3 is 24.3 Å². The fourth-order valence-electron chi connectivity index (χ4n) is 2.40. The molecule has 3 rings (SSSR count). The third-order valence-electron chi connectivity index (χ3n) is 3.80. The van der Waals surface area contributed by atoms with Gasteiger partial charge < -0.3 is 13.9 Å². The first kappa shape index (κ1) is 21.9. The van der Waals surface area contributed by atoms with Gasteiger partial charge in [-0.05, 0) is 29.8 Å². The Morgan fingerprint density at radius 2 is 1.29 bits per heavy atom. The number of benzene rings is 2. The van der Waals surface area contributed by atoms with Crippen molar-refractivity contribution in [2.75, 3.05) is 0 Å². The highest BCUT2D eigenvalue weighted by Gasteiger charge is 2.42. The summed E-state index contributed by atoms with van der Waals surface area (Å²) in [5.74, 6) is -5.77. The molecule has 0 aliphatic carbocycles. The van der Waals surface area contributed by atoms with Crippen LogP contribution in [-0.4, -0.2) is 24.3 Å². The van der Waals surface area contributed by atoms with Crippen molar-refractivity contribution in [1.82, 2.24) is 0 Å². The number of hydrogen-bond donors (Lipinski definition) is 0. The molecule has 0 unspecified atom stereocenters. The Bertz CT molecular complexity index is 1210. The first-order chi connectivity index (χ1) is 14.4. The average Bonchev–Trinajstić information content (AvgIpc) is 2.67. The first-order valence-corrected chi connectivity index (χ1v) is 8.10. The van der Waals surface area contributed by atoms with Gasteiger partial charge in [0.15, 0.2) is 5.43 Å². The van der Waals surface area contributed by atoms with Gasteiger partial charge in [0.25, 0.3) is 0 Å². The lowest BCUT2D eigenvalue weighted by molar-refractivity contribution is -0.189. The lowest BCUT2D eigenvalue weighted by Gasteiger charge is -2.09. The van der Waals surface area contributed by atoms with Crippen molar-refractivity contribution in [3.63, 3.8) is 0 Å². The largest absolute Gasteiger partial charge is 0.491 e. The van der Waals surface area contributed by atoms with Crippen molar-refractivity contribution in [1.29, 1.82) is 0 Å². The van der Waals surface area contributed by atoms with Crippen LogP contribution in [0.1, 0.15) is 0 Å². The summed E-state index contributed by atoms with van der Waals surface area (Å²) in [5.41, 5.74) is -0.608. The standard InChI is InChI=1S/C19H8F6O6/c20-18(21,22)16(27)30-10-3-1-9(2-4-10)13-8-29-14-7-11(5-6-12(14)15(13)26)31-17(28)19(23,24)25/h1-8H. The molecule has 0 aliphatic rings. The molecule has 1 heterocycles. The summed E-state index contributed by atoms with van der Waals surface area (Å²) in [7, 11) is 0. The summed E-state index contributed by atoms with van der Waals surface area (Å²) in [6.07, 6.45) is -9.41. The number of fused-ring (bicyclic) bond motifs is 1. The smallest absolute Gasteiger partial charge is 0.463 e. The molecule has 0 N–H and O–H groups in total. The van der Waals surface area contributed by atoms with E-state index in [9.17, 15) is 40.7 Å².